The molecule has 1 heterocycles. The first-order valence-corrected chi connectivity index (χ1v) is 6.84. The number of carbonyl (C=O) groups excluding carboxylic acids is 1. The molecule has 0 saturated heterocycles. The number of fused-ring (bicyclic) bond motifs is 3. The van der Waals surface area contributed by atoms with Crippen molar-refractivity contribution >= 4 is 5.97 Å². The van der Waals surface area contributed by atoms with E-state index in [1.165, 1.54) is 0 Å². The summed E-state index contributed by atoms with van der Waals surface area (Å²) < 4.78 is 11.0. The van der Waals surface area contributed by atoms with Crippen molar-refractivity contribution in [2.75, 3.05) is 7.11 Å². The van der Waals surface area contributed by atoms with Gasteiger partial charge in [0.2, 0.25) is 0 Å². The van der Waals surface area contributed by atoms with Gasteiger partial charge < -0.3 is 9.47 Å². The summed E-state index contributed by atoms with van der Waals surface area (Å²) in [6, 6.07) is 4.07. The van der Waals surface area contributed by atoms with E-state index < -0.39 is 5.41 Å². The summed E-state index contributed by atoms with van der Waals surface area (Å²) in [4.78, 5) is 12.4. The van der Waals surface area contributed by atoms with E-state index in [1.807, 2.05) is 13.0 Å². The lowest BCUT2D eigenvalue weighted by atomic mass is 9.62. The van der Waals surface area contributed by atoms with E-state index in [-0.39, 0.29) is 11.4 Å². The molecule has 19 heavy (non-hydrogen) atoms. The third kappa shape index (κ3) is 1.41. The van der Waals surface area contributed by atoms with Gasteiger partial charge >= 0.3 is 5.97 Å². The zero-order valence-electron chi connectivity index (χ0n) is 12.0. The number of hydrogen-bond acceptors (Lipinski definition) is 3. The molecule has 3 rings (SSSR count). The molecule has 1 saturated carbocycles. The zero-order chi connectivity index (χ0) is 13.8. The predicted molar refractivity (Wildman–Crippen MR) is 72.7 cm³/mol. The lowest BCUT2D eigenvalue weighted by molar-refractivity contribution is -0.150. The van der Waals surface area contributed by atoms with Gasteiger partial charge in [-0.25, -0.2) is 0 Å². The molecule has 0 N–H and O–H groups in total. The van der Waals surface area contributed by atoms with Crippen molar-refractivity contribution in [2.45, 2.75) is 45.4 Å². The zero-order valence-corrected chi connectivity index (χ0v) is 12.0. The van der Waals surface area contributed by atoms with Gasteiger partial charge in [0.05, 0.1) is 12.5 Å². The molecule has 1 aliphatic carbocycles. The number of benzene rings is 1. The van der Waals surface area contributed by atoms with E-state index in [4.69, 9.17) is 9.47 Å². The molecule has 1 aromatic rings. The second-order valence-corrected chi connectivity index (χ2v) is 6.25. The topological polar surface area (TPSA) is 35.5 Å². The van der Waals surface area contributed by atoms with Crippen LogP contribution in [-0.2, 0) is 10.2 Å². The summed E-state index contributed by atoms with van der Waals surface area (Å²) >= 11 is 0. The maximum absolute atomic E-state index is 12.4. The van der Waals surface area contributed by atoms with E-state index in [9.17, 15) is 4.79 Å². The fraction of sp³-hybridized carbons (Fsp3) is 0.562. The molecule has 0 unspecified atom stereocenters. The first-order valence-electron chi connectivity index (χ1n) is 6.84. The standard InChI is InChI=1S/C16H20O3/c1-10-8-11-13(12(9-10)18-4)19-14(17)16(3)7-5-6-15(11,16)2/h8-9H,5-7H2,1-4H3/t15-,16+/m0/s1. The normalized spacial score (nSPS) is 32.5. The van der Waals surface area contributed by atoms with Crippen LogP contribution in [-0.4, -0.2) is 13.1 Å². The molecule has 0 radical (unpaired) electrons. The van der Waals surface area contributed by atoms with Crippen LogP contribution in [0.15, 0.2) is 12.1 Å². The number of methoxy groups -OCH3 is 1. The van der Waals surface area contributed by atoms with Gasteiger partial charge in [0.1, 0.15) is 0 Å². The molecule has 1 fully saturated rings. The fourth-order valence-corrected chi connectivity index (χ4v) is 3.72. The number of carbonyl (C=O) groups is 1. The lowest BCUT2D eigenvalue weighted by Gasteiger charge is -2.44. The quantitative estimate of drug-likeness (QED) is 0.573. The van der Waals surface area contributed by atoms with Crippen molar-refractivity contribution in [1.82, 2.24) is 0 Å². The largest absolute Gasteiger partial charge is 0.493 e. The molecule has 2 atom stereocenters. The Morgan fingerprint density at radius 1 is 1.21 bits per heavy atom. The average Bonchev–Trinajstić information content (AvgIpc) is 2.69. The first kappa shape index (κ1) is 12.5. The minimum absolute atomic E-state index is 0.109. The molecule has 3 heteroatoms. The third-order valence-corrected chi connectivity index (χ3v) is 5.23. The Morgan fingerprint density at radius 2 is 1.89 bits per heavy atom. The van der Waals surface area contributed by atoms with Gasteiger partial charge in [-0.3, -0.25) is 4.79 Å². The Hall–Kier alpha value is -1.51. The number of ether oxygens (including phenoxy) is 2. The highest BCUT2D eigenvalue weighted by Crippen LogP contribution is 2.60. The number of hydrogen-bond donors (Lipinski definition) is 0. The summed E-state index contributed by atoms with van der Waals surface area (Å²) in [5.41, 5.74) is 1.73. The monoisotopic (exact) mass is 260 g/mol. The van der Waals surface area contributed by atoms with Gasteiger partial charge in [0, 0.05) is 11.0 Å². The molecular formula is C16H20O3. The molecule has 0 aromatic heterocycles. The van der Waals surface area contributed by atoms with E-state index in [0.29, 0.717) is 11.5 Å². The summed E-state index contributed by atoms with van der Waals surface area (Å²) in [7, 11) is 1.62. The fourth-order valence-electron chi connectivity index (χ4n) is 3.72. The number of rotatable bonds is 1. The number of esters is 1. The van der Waals surface area contributed by atoms with Crippen molar-refractivity contribution in [3.63, 3.8) is 0 Å². The molecule has 1 aromatic carbocycles. The smallest absolute Gasteiger partial charge is 0.318 e. The Labute approximate surface area is 113 Å². The van der Waals surface area contributed by atoms with Crippen LogP contribution < -0.4 is 9.47 Å². The summed E-state index contributed by atoms with van der Waals surface area (Å²) in [5, 5.41) is 0. The van der Waals surface area contributed by atoms with E-state index in [2.05, 4.69) is 19.9 Å². The van der Waals surface area contributed by atoms with Gasteiger partial charge in [-0.1, -0.05) is 19.4 Å². The van der Waals surface area contributed by atoms with Crippen molar-refractivity contribution < 1.29 is 14.3 Å². The van der Waals surface area contributed by atoms with Crippen molar-refractivity contribution in [3.05, 3.63) is 23.3 Å². The highest BCUT2D eigenvalue weighted by Gasteiger charge is 2.59. The molecule has 0 amide bonds. The molecule has 2 aliphatic rings. The van der Waals surface area contributed by atoms with Gasteiger partial charge in [0.25, 0.3) is 0 Å². The highest BCUT2D eigenvalue weighted by atomic mass is 16.6. The minimum Gasteiger partial charge on any atom is -0.493 e. The van der Waals surface area contributed by atoms with Crippen molar-refractivity contribution in [2.24, 2.45) is 5.41 Å². The van der Waals surface area contributed by atoms with Crippen LogP contribution in [0.4, 0.5) is 0 Å². The van der Waals surface area contributed by atoms with Crippen LogP contribution in [0.1, 0.15) is 44.2 Å². The SMILES string of the molecule is COc1cc(C)cc2c1OC(=O)[C@@]1(C)CCC[C@@]21C. The summed E-state index contributed by atoms with van der Waals surface area (Å²) in [5.74, 6) is 1.18. The second kappa shape index (κ2) is 3.75. The number of aryl methyl sites for hydroxylation is 1. The van der Waals surface area contributed by atoms with Crippen LogP contribution in [0.3, 0.4) is 0 Å². The molecule has 3 nitrogen and oxygen atoms in total. The third-order valence-electron chi connectivity index (χ3n) is 5.23. The predicted octanol–water partition coefficient (Wildman–Crippen LogP) is 3.37. The first-order chi connectivity index (χ1) is 8.92. The van der Waals surface area contributed by atoms with Gasteiger partial charge in [-0.2, -0.15) is 0 Å². The van der Waals surface area contributed by atoms with E-state index in [0.717, 1.165) is 30.4 Å². The summed E-state index contributed by atoms with van der Waals surface area (Å²) in [6.07, 6.45) is 2.99. The highest BCUT2D eigenvalue weighted by molar-refractivity contribution is 5.85. The Bertz CT molecular complexity index is 563. The molecule has 102 valence electrons. The van der Waals surface area contributed by atoms with Gasteiger partial charge in [-0.05, 0) is 38.3 Å². The molecule has 1 aliphatic heterocycles. The van der Waals surface area contributed by atoms with Crippen LogP contribution in [0.2, 0.25) is 0 Å². The molecular weight excluding hydrogens is 240 g/mol. The van der Waals surface area contributed by atoms with Crippen molar-refractivity contribution in [3.8, 4) is 11.5 Å². The minimum atomic E-state index is -0.404. The molecule has 0 bridgehead atoms. The van der Waals surface area contributed by atoms with E-state index >= 15 is 0 Å². The Balaban J connectivity index is 2.29. The maximum atomic E-state index is 12.4. The van der Waals surface area contributed by atoms with Crippen LogP contribution in [0, 0.1) is 12.3 Å². The van der Waals surface area contributed by atoms with Crippen LogP contribution in [0.25, 0.3) is 0 Å². The van der Waals surface area contributed by atoms with Crippen LogP contribution in [0.5, 0.6) is 11.5 Å². The lowest BCUT2D eigenvalue weighted by Crippen LogP contribution is -2.48. The van der Waals surface area contributed by atoms with Crippen LogP contribution >= 0.6 is 0 Å². The Kier molecular flexibility index (Phi) is 2.47. The molecule has 0 spiro atoms. The van der Waals surface area contributed by atoms with Gasteiger partial charge in [-0.15, -0.1) is 0 Å². The average molecular weight is 260 g/mol. The Morgan fingerprint density at radius 3 is 2.58 bits per heavy atom. The van der Waals surface area contributed by atoms with Gasteiger partial charge in [0.15, 0.2) is 11.5 Å². The van der Waals surface area contributed by atoms with Crippen molar-refractivity contribution in [1.29, 1.82) is 0 Å². The maximum Gasteiger partial charge on any atom is 0.318 e. The summed E-state index contributed by atoms with van der Waals surface area (Å²) in [6.45, 7) is 6.28. The second-order valence-electron chi connectivity index (χ2n) is 6.25. The van der Waals surface area contributed by atoms with E-state index in [1.54, 1.807) is 7.11 Å².